The molecule has 18 heavy (non-hydrogen) atoms. The molecule has 5 nitrogen and oxygen atoms in total. The first-order valence-electron chi connectivity index (χ1n) is 5.92. The van der Waals surface area contributed by atoms with Crippen molar-refractivity contribution in [2.24, 2.45) is 0 Å². The maximum atomic E-state index is 11.5. The number of carbonyl (C=O) groups is 1. The zero-order valence-electron chi connectivity index (χ0n) is 10.7. The summed E-state index contributed by atoms with van der Waals surface area (Å²) < 4.78 is 10.6. The van der Waals surface area contributed by atoms with Gasteiger partial charge in [-0.3, -0.25) is 4.79 Å². The summed E-state index contributed by atoms with van der Waals surface area (Å²) in [6.45, 7) is 2.42. The van der Waals surface area contributed by atoms with E-state index in [0.717, 1.165) is 0 Å². The van der Waals surface area contributed by atoms with Gasteiger partial charge in [-0.15, -0.1) is 0 Å². The average molecular weight is 253 g/mol. The van der Waals surface area contributed by atoms with Gasteiger partial charge in [0.25, 0.3) is 0 Å². The van der Waals surface area contributed by atoms with E-state index in [2.05, 4.69) is 5.32 Å². The van der Waals surface area contributed by atoms with Crippen molar-refractivity contribution in [2.45, 2.75) is 19.8 Å². The molecule has 5 heteroatoms. The van der Waals surface area contributed by atoms with Crippen LogP contribution in [0.15, 0.2) is 18.2 Å². The van der Waals surface area contributed by atoms with Gasteiger partial charge in [0, 0.05) is 24.8 Å². The van der Waals surface area contributed by atoms with Crippen molar-refractivity contribution in [3.8, 4) is 11.5 Å². The summed E-state index contributed by atoms with van der Waals surface area (Å²) >= 11 is 0. The molecule has 2 N–H and O–H groups in total. The second-order valence-electron chi connectivity index (χ2n) is 3.67. The number of hydrogen-bond donors (Lipinski definition) is 2. The van der Waals surface area contributed by atoms with E-state index in [9.17, 15) is 4.79 Å². The monoisotopic (exact) mass is 253 g/mol. The van der Waals surface area contributed by atoms with Crippen LogP contribution >= 0.6 is 0 Å². The lowest BCUT2D eigenvalue weighted by Gasteiger charge is -2.11. The van der Waals surface area contributed by atoms with Crippen LogP contribution in [0.25, 0.3) is 0 Å². The Morgan fingerprint density at radius 1 is 1.39 bits per heavy atom. The number of aliphatic hydroxyl groups is 1. The lowest BCUT2D eigenvalue weighted by Crippen LogP contribution is -2.11. The number of rotatable bonds is 7. The molecule has 0 fully saturated rings. The van der Waals surface area contributed by atoms with E-state index in [4.69, 9.17) is 14.6 Å². The zero-order chi connectivity index (χ0) is 13.4. The fourth-order valence-electron chi connectivity index (χ4n) is 1.49. The average Bonchev–Trinajstić information content (AvgIpc) is 2.37. The molecule has 0 aliphatic heterocycles. The molecular formula is C13H19NO4. The minimum atomic E-state index is -0.128. The van der Waals surface area contributed by atoms with Crippen molar-refractivity contribution in [2.75, 3.05) is 25.6 Å². The first-order valence-corrected chi connectivity index (χ1v) is 5.92. The van der Waals surface area contributed by atoms with Crippen LogP contribution in [-0.4, -0.2) is 31.3 Å². The number of nitrogens with one attached hydrogen (secondary N) is 1. The molecular weight excluding hydrogens is 234 g/mol. The van der Waals surface area contributed by atoms with Crippen LogP contribution < -0.4 is 14.8 Å². The van der Waals surface area contributed by atoms with Crippen molar-refractivity contribution in [3.63, 3.8) is 0 Å². The number of aliphatic hydroxyl groups excluding tert-OH is 1. The smallest absolute Gasteiger partial charge is 0.224 e. The highest BCUT2D eigenvalue weighted by molar-refractivity contribution is 5.91. The van der Waals surface area contributed by atoms with E-state index >= 15 is 0 Å². The Kier molecular flexibility index (Phi) is 6.00. The van der Waals surface area contributed by atoms with Gasteiger partial charge >= 0.3 is 0 Å². The third-order valence-electron chi connectivity index (χ3n) is 2.31. The maximum absolute atomic E-state index is 11.5. The van der Waals surface area contributed by atoms with Crippen molar-refractivity contribution in [1.82, 2.24) is 0 Å². The molecule has 0 radical (unpaired) electrons. The van der Waals surface area contributed by atoms with Gasteiger partial charge in [-0.2, -0.15) is 0 Å². The van der Waals surface area contributed by atoms with Crippen LogP contribution in [0, 0.1) is 0 Å². The van der Waals surface area contributed by atoms with Gasteiger partial charge in [-0.25, -0.2) is 0 Å². The fraction of sp³-hybridized carbons (Fsp3) is 0.462. The Balaban J connectivity index is 2.71. The molecule has 0 aromatic heterocycles. The van der Waals surface area contributed by atoms with E-state index in [1.165, 1.54) is 0 Å². The summed E-state index contributed by atoms with van der Waals surface area (Å²) in [5.41, 5.74) is 0.655. The number of methoxy groups -OCH3 is 1. The minimum Gasteiger partial charge on any atom is -0.493 e. The predicted molar refractivity (Wildman–Crippen MR) is 69.1 cm³/mol. The summed E-state index contributed by atoms with van der Waals surface area (Å²) in [6, 6.07) is 5.21. The summed E-state index contributed by atoms with van der Waals surface area (Å²) in [6.07, 6.45) is 0.757. The first kappa shape index (κ1) is 14.3. The van der Waals surface area contributed by atoms with Gasteiger partial charge in [0.1, 0.15) is 0 Å². The van der Waals surface area contributed by atoms with Gasteiger partial charge in [0.15, 0.2) is 11.5 Å². The highest BCUT2D eigenvalue weighted by Gasteiger charge is 2.07. The molecule has 0 spiro atoms. The molecule has 0 bridgehead atoms. The molecule has 0 unspecified atom stereocenters. The molecule has 0 aliphatic carbocycles. The van der Waals surface area contributed by atoms with Crippen molar-refractivity contribution >= 4 is 11.6 Å². The molecule has 0 saturated heterocycles. The van der Waals surface area contributed by atoms with Gasteiger partial charge < -0.3 is 19.9 Å². The van der Waals surface area contributed by atoms with Crippen LogP contribution in [0.1, 0.15) is 19.8 Å². The van der Waals surface area contributed by atoms with Crippen LogP contribution in [0.2, 0.25) is 0 Å². The second kappa shape index (κ2) is 7.55. The summed E-state index contributed by atoms with van der Waals surface area (Å²) in [7, 11) is 1.57. The number of hydrogen-bond acceptors (Lipinski definition) is 4. The molecule has 0 atom stereocenters. The number of carbonyl (C=O) groups excluding carboxylic acids is 1. The van der Waals surface area contributed by atoms with Crippen LogP contribution in [-0.2, 0) is 4.79 Å². The second-order valence-corrected chi connectivity index (χ2v) is 3.67. The molecule has 0 saturated carbocycles. The van der Waals surface area contributed by atoms with Gasteiger partial charge in [-0.05, 0) is 25.5 Å². The summed E-state index contributed by atoms with van der Waals surface area (Å²) in [5, 5.41) is 11.4. The van der Waals surface area contributed by atoms with Crippen LogP contribution in [0.3, 0.4) is 0 Å². The number of benzene rings is 1. The Hall–Kier alpha value is -1.75. The van der Waals surface area contributed by atoms with E-state index in [1.54, 1.807) is 25.3 Å². The van der Waals surface area contributed by atoms with Crippen molar-refractivity contribution < 1.29 is 19.4 Å². The van der Waals surface area contributed by atoms with Gasteiger partial charge in [0.05, 0.1) is 13.7 Å². The quantitative estimate of drug-likeness (QED) is 0.777. The SMILES string of the molecule is CCOc1cc(NC(=O)CCCO)ccc1OC. The molecule has 100 valence electrons. The zero-order valence-corrected chi connectivity index (χ0v) is 10.7. The lowest BCUT2D eigenvalue weighted by atomic mass is 10.2. The van der Waals surface area contributed by atoms with Crippen LogP contribution in [0.4, 0.5) is 5.69 Å². The Labute approximate surface area is 107 Å². The third-order valence-corrected chi connectivity index (χ3v) is 2.31. The van der Waals surface area contributed by atoms with Gasteiger partial charge in [0.2, 0.25) is 5.91 Å². The summed E-state index contributed by atoms with van der Waals surface area (Å²) in [5.74, 6) is 1.10. The highest BCUT2D eigenvalue weighted by atomic mass is 16.5. The molecule has 1 aromatic carbocycles. The normalized spacial score (nSPS) is 9.94. The molecule has 1 amide bonds. The van der Waals surface area contributed by atoms with Crippen molar-refractivity contribution in [3.05, 3.63) is 18.2 Å². The topological polar surface area (TPSA) is 67.8 Å². The van der Waals surface area contributed by atoms with E-state index in [1.807, 2.05) is 6.92 Å². The Morgan fingerprint density at radius 3 is 2.78 bits per heavy atom. The predicted octanol–water partition coefficient (Wildman–Crippen LogP) is 1.80. The molecule has 1 aromatic rings. The molecule has 0 heterocycles. The first-order chi connectivity index (χ1) is 8.71. The Morgan fingerprint density at radius 2 is 2.17 bits per heavy atom. The van der Waals surface area contributed by atoms with Crippen molar-refractivity contribution in [1.29, 1.82) is 0 Å². The van der Waals surface area contributed by atoms with Gasteiger partial charge in [-0.1, -0.05) is 0 Å². The van der Waals surface area contributed by atoms with E-state index < -0.39 is 0 Å². The lowest BCUT2D eigenvalue weighted by molar-refractivity contribution is -0.116. The third kappa shape index (κ3) is 4.25. The number of anilines is 1. The molecule has 0 aliphatic rings. The van der Waals surface area contributed by atoms with E-state index in [0.29, 0.717) is 36.6 Å². The standard InChI is InChI=1S/C13H19NO4/c1-3-18-12-9-10(6-7-11(12)17-2)14-13(16)5-4-8-15/h6-7,9,15H,3-5,8H2,1-2H3,(H,14,16). The fourth-order valence-corrected chi connectivity index (χ4v) is 1.49. The van der Waals surface area contributed by atoms with E-state index in [-0.39, 0.29) is 12.5 Å². The van der Waals surface area contributed by atoms with Crippen LogP contribution in [0.5, 0.6) is 11.5 Å². The highest BCUT2D eigenvalue weighted by Crippen LogP contribution is 2.30. The summed E-state index contributed by atoms with van der Waals surface area (Å²) in [4.78, 5) is 11.5. The number of amides is 1. The maximum Gasteiger partial charge on any atom is 0.224 e. The number of ether oxygens (including phenoxy) is 2. The minimum absolute atomic E-state index is 0.0141. The largest absolute Gasteiger partial charge is 0.493 e. The Bertz CT molecular complexity index is 393. The molecule has 1 rings (SSSR count).